The summed E-state index contributed by atoms with van der Waals surface area (Å²) in [5, 5.41) is 55.1. The average Bonchev–Trinajstić information content (AvgIpc) is 3.60. The summed E-state index contributed by atoms with van der Waals surface area (Å²) in [5.41, 5.74) is 0.293. The van der Waals surface area contributed by atoms with E-state index in [1.54, 1.807) is 24.0 Å². The zero-order valence-electron chi connectivity index (χ0n) is 22.1. The zero-order chi connectivity index (χ0) is 29.4. The van der Waals surface area contributed by atoms with Crippen LogP contribution in [0.4, 0.5) is 13.2 Å². The van der Waals surface area contributed by atoms with Crippen molar-refractivity contribution in [3.63, 3.8) is 0 Å². The smallest absolute Gasteiger partial charge is 0.255 e. The maximum absolute atomic E-state index is 14.0. The van der Waals surface area contributed by atoms with Crippen LogP contribution < -0.4 is 0 Å². The minimum absolute atomic E-state index is 0.0140. The lowest BCUT2D eigenvalue weighted by molar-refractivity contribution is -0.214. The molecule has 2 aromatic heterocycles. The Labute approximate surface area is 232 Å². The molecule has 7 atom stereocenters. The molecular formula is C26H31F3N6O6. The van der Waals surface area contributed by atoms with Crippen molar-refractivity contribution in [3.8, 4) is 11.3 Å². The molecule has 0 bridgehead atoms. The third kappa shape index (κ3) is 5.72. The number of benzene rings is 1. The molecule has 15 heteroatoms. The third-order valence-corrected chi connectivity index (χ3v) is 7.71. The van der Waals surface area contributed by atoms with E-state index in [1.165, 1.54) is 11.1 Å². The Kier molecular flexibility index (Phi) is 8.42. The van der Waals surface area contributed by atoms with E-state index in [4.69, 9.17) is 4.74 Å². The van der Waals surface area contributed by atoms with Gasteiger partial charge in [0.2, 0.25) is 0 Å². The van der Waals surface area contributed by atoms with Crippen LogP contribution in [0.25, 0.3) is 11.3 Å². The molecule has 41 heavy (non-hydrogen) atoms. The number of aryl methyl sites for hydroxylation is 1. The summed E-state index contributed by atoms with van der Waals surface area (Å²) in [5.74, 6) is -5.22. The first-order chi connectivity index (χ1) is 19.6. The summed E-state index contributed by atoms with van der Waals surface area (Å²) in [4.78, 5) is 15.4. The van der Waals surface area contributed by atoms with E-state index in [1.807, 2.05) is 0 Å². The summed E-state index contributed by atoms with van der Waals surface area (Å²) in [6, 6.07) is 1.19. The van der Waals surface area contributed by atoms with Crippen molar-refractivity contribution >= 4 is 5.91 Å². The minimum atomic E-state index is -1.72. The van der Waals surface area contributed by atoms with Crippen molar-refractivity contribution < 1.29 is 43.1 Å². The number of aliphatic hydroxyl groups excluding tert-OH is 4. The number of ether oxygens (including phenoxy) is 1. The van der Waals surface area contributed by atoms with Crippen molar-refractivity contribution in [1.29, 1.82) is 0 Å². The number of halogens is 3. The lowest BCUT2D eigenvalue weighted by Gasteiger charge is -2.45. The first-order valence-corrected chi connectivity index (χ1v) is 13.2. The van der Waals surface area contributed by atoms with E-state index in [9.17, 15) is 38.4 Å². The molecule has 4 N–H and O–H groups in total. The van der Waals surface area contributed by atoms with Gasteiger partial charge in [-0.3, -0.25) is 9.48 Å². The summed E-state index contributed by atoms with van der Waals surface area (Å²) < 4.78 is 49.3. The number of rotatable bonds is 7. The van der Waals surface area contributed by atoms with Crippen LogP contribution in [-0.2, 0) is 23.1 Å². The SMILES string of the molecule is Cn1ccc(CN(C(=O)[C@@H]2O[C@H](CO)[C@H](O)[C@H](n3cc(-c4cc(F)c(F)c(F)c4)nn3)[C@H]2O)[C@H]2CCCC[C@@H]2O)n1. The van der Waals surface area contributed by atoms with Crippen molar-refractivity contribution in [2.24, 2.45) is 7.05 Å². The Morgan fingerprint density at radius 1 is 1.12 bits per heavy atom. The first-order valence-electron chi connectivity index (χ1n) is 13.2. The van der Waals surface area contributed by atoms with Gasteiger partial charge in [0.15, 0.2) is 23.6 Å². The summed E-state index contributed by atoms with van der Waals surface area (Å²) >= 11 is 0. The Balaban J connectivity index is 1.46. The molecule has 2 fully saturated rings. The Hall–Kier alpha value is -3.37. The maximum Gasteiger partial charge on any atom is 0.255 e. The van der Waals surface area contributed by atoms with E-state index in [2.05, 4.69) is 15.4 Å². The molecule has 0 unspecified atom stereocenters. The van der Waals surface area contributed by atoms with Gasteiger partial charge in [-0.05, 0) is 31.0 Å². The van der Waals surface area contributed by atoms with Crippen LogP contribution in [0.2, 0.25) is 0 Å². The van der Waals surface area contributed by atoms with Gasteiger partial charge in [-0.1, -0.05) is 18.1 Å². The van der Waals surface area contributed by atoms with Gasteiger partial charge >= 0.3 is 0 Å². The molecule has 0 radical (unpaired) electrons. The molecule has 222 valence electrons. The highest BCUT2D eigenvalue weighted by atomic mass is 19.2. The molecular weight excluding hydrogens is 549 g/mol. The van der Waals surface area contributed by atoms with Crippen LogP contribution in [0.15, 0.2) is 30.6 Å². The number of amides is 1. The monoisotopic (exact) mass is 580 g/mol. The van der Waals surface area contributed by atoms with Crippen LogP contribution >= 0.6 is 0 Å². The van der Waals surface area contributed by atoms with Crippen LogP contribution in [0.3, 0.4) is 0 Å². The van der Waals surface area contributed by atoms with Crippen molar-refractivity contribution in [1.82, 2.24) is 29.7 Å². The van der Waals surface area contributed by atoms with Crippen LogP contribution in [0.1, 0.15) is 37.4 Å². The topological polar surface area (TPSA) is 159 Å². The highest BCUT2D eigenvalue weighted by molar-refractivity contribution is 5.82. The van der Waals surface area contributed by atoms with E-state index in [-0.39, 0.29) is 17.8 Å². The maximum atomic E-state index is 14.0. The summed E-state index contributed by atoms with van der Waals surface area (Å²) in [7, 11) is 1.72. The zero-order valence-corrected chi connectivity index (χ0v) is 22.1. The Morgan fingerprint density at radius 3 is 2.46 bits per heavy atom. The molecule has 2 aliphatic rings. The normalized spacial score (nSPS) is 28.5. The molecule has 12 nitrogen and oxygen atoms in total. The predicted molar refractivity (Wildman–Crippen MR) is 134 cm³/mol. The third-order valence-electron chi connectivity index (χ3n) is 7.71. The number of hydrogen-bond acceptors (Lipinski definition) is 9. The molecule has 3 aromatic rings. The number of carbonyl (C=O) groups excluding carboxylic acids is 1. The molecule has 1 saturated carbocycles. The molecule has 1 saturated heterocycles. The number of aromatic nitrogens is 5. The van der Waals surface area contributed by atoms with Crippen molar-refractivity contribution in [2.75, 3.05) is 6.61 Å². The highest BCUT2D eigenvalue weighted by Gasteiger charge is 2.50. The lowest BCUT2D eigenvalue weighted by Crippen LogP contribution is -2.62. The fourth-order valence-corrected chi connectivity index (χ4v) is 5.58. The van der Waals surface area contributed by atoms with E-state index < -0.39 is 72.6 Å². The van der Waals surface area contributed by atoms with Crippen LogP contribution in [0, 0.1) is 17.5 Å². The van der Waals surface area contributed by atoms with Gasteiger partial charge in [0.25, 0.3) is 5.91 Å². The molecule has 1 amide bonds. The first kappa shape index (κ1) is 29.1. The van der Waals surface area contributed by atoms with Gasteiger partial charge < -0.3 is 30.1 Å². The van der Waals surface area contributed by atoms with Gasteiger partial charge in [-0.25, -0.2) is 17.9 Å². The lowest BCUT2D eigenvalue weighted by atomic mass is 9.88. The van der Waals surface area contributed by atoms with E-state index in [0.29, 0.717) is 18.5 Å². The Morgan fingerprint density at radius 2 is 1.83 bits per heavy atom. The second-order valence-corrected chi connectivity index (χ2v) is 10.5. The fourth-order valence-electron chi connectivity index (χ4n) is 5.58. The molecule has 1 aliphatic heterocycles. The predicted octanol–water partition coefficient (Wildman–Crippen LogP) is 0.451. The van der Waals surface area contributed by atoms with E-state index >= 15 is 0 Å². The number of carbonyl (C=O) groups is 1. The summed E-state index contributed by atoms with van der Waals surface area (Å²) in [6.07, 6.45) is -1.59. The second-order valence-electron chi connectivity index (χ2n) is 10.5. The van der Waals surface area contributed by atoms with Crippen molar-refractivity contribution in [2.45, 2.75) is 74.8 Å². The van der Waals surface area contributed by atoms with Gasteiger partial charge in [0.05, 0.1) is 37.2 Å². The van der Waals surface area contributed by atoms with Gasteiger partial charge in [0, 0.05) is 18.8 Å². The summed E-state index contributed by atoms with van der Waals surface area (Å²) in [6.45, 7) is -0.698. The van der Waals surface area contributed by atoms with Crippen molar-refractivity contribution in [3.05, 3.63) is 53.7 Å². The second kappa shape index (κ2) is 11.9. The van der Waals surface area contributed by atoms with Crippen LogP contribution in [0.5, 0.6) is 0 Å². The molecule has 1 aromatic carbocycles. The highest BCUT2D eigenvalue weighted by Crippen LogP contribution is 2.34. The quantitative estimate of drug-likeness (QED) is 0.291. The fraction of sp³-hybridized carbons (Fsp3) is 0.538. The standard InChI is InChI=1S/C26H31F3N6O6/c1-33-7-6-14(31-33)10-34(18-4-2-3-5-19(18)37)26(40)25-24(39)22(23(38)20(12-36)41-25)35-11-17(30-32-35)13-8-15(27)21(29)16(28)9-13/h6-9,11,18-20,22-25,36-39H,2-5,10,12H2,1H3/t18-,19-,20+,22-,23-,24+,25+/m0/s1. The molecule has 3 heterocycles. The Bertz CT molecular complexity index is 1360. The molecule has 5 rings (SSSR count). The number of aliphatic hydroxyl groups is 4. The van der Waals surface area contributed by atoms with E-state index in [0.717, 1.165) is 29.7 Å². The number of hydrogen-bond donors (Lipinski definition) is 4. The largest absolute Gasteiger partial charge is 0.394 e. The van der Waals surface area contributed by atoms with Gasteiger partial charge in [-0.2, -0.15) is 5.10 Å². The minimum Gasteiger partial charge on any atom is -0.394 e. The molecule has 0 spiro atoms. The van der Waals surface area contributed by atoms with Crippen LogP contribution in [-0.4, -0.2) is 99.2 Å². The average molecular weight is 581 g/mol. The van der Waals surface area contributed by atoms with Gasteiger partial charge in [0.1, 0.15) is 30.0 Å². The molecule has 1 aliphatic carbocycles. The van der Waals surface area contributed by atoms with Gasteiger partial charge in [-0.15, -0.1) is 5.10 Å². The number of nitrogens with zero attached hydrogens (tertiary/aromatic N) is 6.